The molecule has 1 saturated carbocycles. The average Bonchev–Trinajstić information content (AvgIpc) is 3.42. The molecule has 1 aliphatic heterocycles. The molecule has 2 fully saturated rings. The molecule has 0 N–H and O–H groups in total. The Bertz CT molecular complexity index is 1380. The second-order valence-corrected chi connectivity index (χ2v) is 13.9. The summed E-state index contributed by atoms with van der Waals surface area (Å²) in [4.78, 5) is 24.1. The van der Waals surface area contributed by atoms with Crippen LogP contribution in [-0.4, -0.2) is 87.3 Å². The van der Waals surface area contributed by atoms with E-state index in [4.69, 9.17) is 9.72 Å². The Labute approximate surface area is 239 Å². The highest BCUT2D eigenvalue weighted by Gasteiger charge is 2.30. The van der Waals surface area contributed by atoms with Crippen molar-refractivity contribution in [3.63, 3.8) is 0 Å². The summed E-state index contributed by atoms with van der Waals surface area (Å²) in [6, 6.07) is 12.5. The maximum atomic E-state index is 13.9. The van der Waals surface area contributed by atoms with Gasteiger partial charge in [-0.2, -0.15) is 4.31 Å². The number of thioether (sulfide) groups is 1. The number of para-hydroxylation sites is 1. The van der Waals surface area contributed by atoms with Gasteiger partial charge in [-0.1, -0.05) is 36.7 Å². The Kier molecular flexibility index (Phi) is 9.25. The molecule has 2 aromatic carbocycles. The van der Waals surface area contributed by atoms with Crippen LogP contribution in [0.2, 0.25) is 0 Å². The molecular weight excluding hydrogens is 553 g/mol. The molecule has 0 unspecified atom stereocenters. The van der Waals surface area contributed by atoms with E-state index in [2.05, 4.69) is 4.90 Å². The first-order chi connectivity index (χ1) is 18.9. The van der Waals surface area contributed by atoms with Crippen LogP contribution in [0.25, 0.3) is 10.2 Å². The number of hydrogen-bond acceptors (Lipinski definition) is 8. The summed E-state index contributed by atoms with van der Waals surface area (Å²) in [5.74, 6) is -0.183. The lowest BCUT2D eigenvalue weighted by atomic mass is 9.96. The Balaban J connectivity index is 1.40. The van der Waals surface area contributed by atoms with Crippen molar-refractivity contribution in [2.45, 2.75) is 47.9 Å². The first-order valence-electron chi connectivity index (χ1n) is 13.5. The molecule has 1 aromatic heterocycles. The van der Waals surface area contributed by atoms with Gasteiger partial charge >= 0.3 is 0 Å². The molecule has 11 heteroatoms. The molecule has 1 amide bonds. The molecule has 1 saturated heterocycles. The van der Waals surface area contributed by atoms with E-state index in [9.17, 15) is 13.2 Å². The lowest BCUT2D eigenvalue weighted by Crippen LogP contribution is -2.43. The molecule has 210 valence electrons. The van der Waals surface area contributed by atoms with Gasteiger partial charge in [0, 0.05) is 49.7 Å². The maximum absolute atomic E-state index is 13.9. The highest BCUT2D eigenvalue weighted by Crippen LogP contribution is 2.35. The second-order valence-electron chi connectivity index (χ2n) is 10.1. The normalized spacial score (nSPS) is 17.6. The number of sulfonamides is 1. The second kappa shape index (κ2) is 12.7. The minimum Gasteiger partial charge on any atom is -0.379 e. The highest BCUT2D eigenvalue weighted by atomic mass is 32.2. The number of benzene rings is 2. The van der Waals surface area contributed by atoms with Gasteiger partial charge in [0.2, 0.25) is 10.0 Å². The van der Waals surface area contributed by atoms with Gasteiger partial charge < -0.3 is 4.74 Å². The van der Waals surface area contributed by atoms with Crippen molar-refractivity contribution >= 4 is 54.4 Å². The number of hydrogen-bond donors (Lipinski definition) is 0. The van der Waals surface area contributed by atoms with E-state index >= 15 is 0 Å². The van der Waals surface area contributed by atoms with E-state index in [1.165, 1.54) is 15.6 Å². The summed E-state index contributed by atoms with van der Waals surface area (Å²) >= 11 is 3.14. The predicted molar refractivity (Wildman–Crippen MR) is 159 cm³/mol. The number of aromatic nitrogens is 1. The third-order valence-corrected chi connectivity index (χ3v) is 11.4. The van der Waals surface area contributed by atoms with E-state index in [1.807, 2.05) is 24.5 Å². The summed E-state index contributed by atoms with van der Waals surface area (Å²) in [7, 11) is -1.95. The van der Waals surface area contributed by atoms with E-state index in [1.54, 1.807) is 48.0 Å². The smallest absolute Gasteiger partial charge is 0.260 e. The van der Waals surface area contributed by atoms with Gasteiger partial charge in [-0.25, -0.2) is 13.4 Å². The number of rotatable bonds is 9. The number of carbonyl (C=O) groups is 1. The molecule has 5 rings (SSSR count). The van der Waals surface area contributed by atoms with E-state index in [0.29, 0.717) is 37.0 Å². The molecule has 2 heterocycles. The SMILES string of the molecule is CSc1cccc2sc(N(CCN3CCOCC3)C(=O)c3ccc(S(=O)(=O)N(C)C4CCCCC4)cc3)nc12. The summed E-state index contributed by atoms with van der Waals surface area (Å²) in [5, 5.41) is 0.651. The predicted octanol–water partition coefficient (Wildman–Crippen LogP) is 4.95. The quantitative estimate of drug-likeness (QED) is 0.327. The number of amides is 1. The van der Waals surface area contributed by atoms with Crippen molar-refractivity contribution in [1.82, 2.24) is 14.2 Å². The van der Waals surface area contributed by atoms with E-state index in [0.717, 1.165) is 60.3 Å². The van der Waals surface area contributed by atoms with Gasteiger partial charge in [-0.3, -0.25) is 14.6 Å². The van der Waals surface area contributed by atoms with Crippen LogP contribution in [0.4, 0.5) is 5.13 Å². The number of anilines is 1. The van der Waals surface area contributed by atoms with Crippen molar-refractivity contribution < 1.29 is 17.9 Å². The molecule has 2 aliphatic rings. The molecule has 8 nitrogen and oxygen atoms in total. The van der Waals surface area contributed by atoms with Gasteiger partial charge in [0.1, 0.15) is 0 Å². The topological polar surface area (TPSA) is 83.0 Å². The van der Waals surface area contributed by atoms with Gasteiger partial charge in [0.25, 0.3) is 5.91 Å². The number of carbonyl (C=O) groups excluding carboxylic acids is 1. The Morgan fingerprint density at radius 3 is 2.51 bits per heavy atom. The van der Waals surface area contributed by atoms with Crippen LogP contribution in [0.1, 0.15) is 42.5 Å². The molecule has 0 atom stereocenters. The van der Waals surface area contributed by atoms with Crippen LogP contribution in [-0.2, 0) is 14.8 Å². The zero-order valence-electron chi connectivity index (χ0n) is 22.5. The zero-order valence-corrected chi connectivity index (χ0v) is 25.0. The summed E-state index contributed by atoms with van der Waals surface area (Å²) < 4.78 is 34.7. The molecule has 0 spiro atoms. The molecule has 0 bridgehead atoms. The first kappa shape index (κ1) is 28.5. The number of fused-ring (bicyclic) bond motifs is 1. The minimum atomic E-state index is -3.63. The van der Waals surface area contributed by atoms with E-state index in [-0.39, 0.29) is 16.8 Å². The van der Waals surface area contributed by atoms with Crippen molar-refractivity contribution in [2.24, 2.45) is 0 Å². The van der Waals surface area contributed by atoms with Crippen molar-refractivity contribution in [2.75, 3.05) is 57.6 Å². The number of morpholine rings is 1. The van der Waals surface area contributed by atoms with Crippen LogP contribution in [0.5, 0.6) is 0 Å². The molecule has 1 aliphatic carbocycles. The van der Waals surface area contributed by atoms with Crippen LogP contribution in [0.3, 0.4) is 0 Å². The lowest BCUT2D eigenvalue weighted by Gasteiger charge is -2.30. The molecule has 0 radical (unpaired) electrons. The molecular formula is C28H36N4O4S3. The fraction of sp³-hybridized carbons (Fsp3) is 0.500. The lowest BCUT2D eigenvalue weighted by molar-refractivity contribution is 0.0391. The van der Waals surface area contributed by atoms with Crippen molar-refractivity contribution in [3.8, 4) is 0 Å². The van der Waals surface area contributed by atoms with Crippen molar-refractivity contribution in [3.05, 3.63) is 48.0 Å². The monoisotopic (exact) mass is 588 g/mol. The minimum absolute atomic E-state index is 0.0333. The molecule has 39 heavy (non-hydrogen) atoms. The summed E-state index contributed by atoms with van der Waals surface area (Å²) in [6.07, 6.45) is 7.09. The Morgan fingerprint density at radius 2 is 1.82 bits per heavy atom. The van der Waals surface area contributed by atoms with Crippen molar-refractivity contribution in [1.29, 1.82) is 0 Å². The molecule has 3 aromatic rings. The van der Waals surface area contributed by atoms with Crippen LogP contribution in [0, 0.1) is 0 Å². The largest absolute Gasteiger partial charge is 0.379 e. The Morgan fingerprint density at radius 1 is 1.10 bits per heavy atom. The summed E-state index contributed by atoms with van der Waals surface area (Å²) in [5.41, 5.74) is 1.35. The van der Waals surface area contributed by atoms with Gasteiger partial charge in [0.15, 0.2) is 5.13 Å². The van der Waals surface area contributed by atoms with Gasteiger partial charge in [0.05, 0.1) is 28.3 Å². The number of ether oxygens (including phenoxy) is 1. The standard InChI is InChI=1S/C28H36N4O4S3/c1-30(22-7-4-3-5-8-22)39(34,35)23-13-11-21(12-14-23)27(33)32(16-15-31-17-19-36-20-18-31)28-29-26-24(37-2)9-6-10-25(26)38-28/h6,9-14,22H,3-5,7-8,15-20H2,1-2H3. The fourth-order valence-electron chi connectivity index (χ4n) is 5.27. The van der Waals surface area contributed by atoms with Crippen LogP contribution >= 0.6 is 23.1 Å². The van der Waals surface area contributed by atoms with Crippen LogP contribution < -0.4 is 4.90 Å². The zero-order chi connectivity index (χ0) is 27.4. The summed E-state index contributed by atoms with van der Waals surface area (Å²) in [6.45, 7) is 4.24. The van der Waals surface area contributed by atoms with Gasteiger partial charge in [-0.05, 0) is 55.5 Å². The Hall–Kier alpha value is -2.02. The van der Waals surface area contributed by atoms with E-state index < -0.39 is 10.0 Å². The number of thiazole rings is 1. The third kappa shape index (κ3) is 6.34. The third-order valence-electron chi connectivity index (χ3n) is 7.68. The fourth-order valence-corrected chi connectivity index (χ4v) is 8.34. The average molecular weight is 589 g/mol. The highest BCUT2D eigenvalue weighted by molar-refractivity contribution is 7.98. The van der Waals surface area contributed by atoms with Gasteiger partial charge in [-0.15, -0.1) is 11.8 Å². The first-order valence-corrected chi connectivity index (χ1v) is 17.0. The maximum Gasteiger partial charge on any atom is 0.260 e. The number of nitrogens with zero attached hydrogens (tertiary/aromatic N) is 4. The van der Waals surface area contributed by atoms with Crippen LogP contribution in [0.15, 0.2) is 52.3 Å².